The van der Waals surface area contributed by atoms with Crippen molar-refractivity contribution in [3.05, 3.63) is 0 Å². The molecule has 0 saturated carbocycles. The first-order valence-corrected chi connectivity index (χ1v) is 7.61. The highest BCUT2D eigenvalue weighted by Crippen LogP contribution is 2.10. The van der Waals surface area contributed by atoms with Crippen LogP contribution in [0.5, 0.6) is 0 Å². The average molecular weight is 323 g/mol. The molecular weight excluding hydrogens is 296 g/mol. The van der Waals surface area contributed by atoms with Crippen LogP contribution in [0.1, 0.15) is 13.8 Å². The molecule has 18 heavy (non-hydrogen) atoms. The predicted octanol–water partition coefficient (Wildman–Crippen LogP) is 1.44. The lowest BCUT2D eigenvalue weighted by Gasteiger charge is -2.37. The molecule has 1 heterocycles. The highest BCUT2D eigenvalue weighted by Gasteiger charge is 2.23. The molecule has 2 unspecified atom stereocenters. The van der Waals surface area contributed by atoms with E-state index in [1.165, 1.54) is 0 Å². The van der Waals surface area contributed by atoms with Crippen LogP contribution < -0.4 is 0 Å². The summed E-state index contributed by atoms with van der Waals surface area (Å²) in [5.74, 6) is 0. The van der Waals surface area contributed by atoms with Crippen molar-refractivity contribution in [2.75, 3.05) is 53.6 Å². The van der Waals surface area contributed by atoms with E-state index in [1.54, 1.807) is 7.11 Å². The molecule has 5 heteroatoms. The van der Waals surface area contributed by atoms with Gasteiger partial charge in [0.1, 0.15) is 0 Å². The molecule has 2 atom stereocenters. The van der Waals surface area contributed by atoms with Crippen LogP contribution in [0.3, 0.4) is 0 Å². The molecule has 1 aliphatic rings. The van der Waals surface area contributed by atoms with E-state index in [9.17, 15) is 0 Å². The monoisotopic (exact) mass is 322 g/mol. The van der Waals surface area contributed by atoms with Gasteiger partial charge in [0.2, 0.25) is 0 Å². The molecule has 108 valence electrons. The quantitative estimate of drug-likeness (QED) is 0.662. The Hall–Kier alpha value is 0.320. The summed E-state index contributed by atoms with van der Waals surface area (Å²) in [5.41, 5.74) is 0. The molecule has 1 aliphatic heterocycles. The Morgan fingerprint density at radius 1 is 1.50 bits per heavy atom. The smallest absolute Gasteiger partial charge is 0.0829 e. The van der Waals surface area contributed by atoms with Gasteiger partial charge in [-0.1, -0.05) is 15.9 Å². The first-order chi connectivity index (χ1) is 8.52. The minimum Gasteiger partial charge on any atom is -0.383 e. The third-order valence-electron chi connectivity index (χ3n) is 3.27. The number of methoxy groups -OCH3 is 1. The number of morpholine rings is 1. The molecule has 0 bridgehead atoms. The van der Waals surface area contributed by atoms with Gasteiger partial charge in [-0.2, -0.15) is 0 Å². The van der Waals surface area contributed by atoms with Crippen molar-refractivity contribution in [2.45, 2.75) is 30.8 Å². The van der Waals surface area contributed by atoms with Crippen LogP contribution in [-0.2, 0) is 9.47 Å². The summed E-state index contributed by atoms with van der Waals surface area (Å²) in [7, 11) is 3.88. The molecule has 0 spiro atoms. The van der Waals surface area contributed by atoms with Gasteiger partial charge >= 0.3 is 0 Å². The van der Waals surface area contributed by atoms with Crippen molar-refractivity contribution in [3.8, 4) is 0 Å². The van der Waals surface area contributed by atoms with E-state index >= 15 is 0 Å². The topological polar surface area (TPSA) is 24.9 Å². The van der Waals surface area contributed by atoms with Crippen LogP contribution in [0.2, 0.25) is 0 Å². The minimum absolute atomic E-state index is 0.327. The average Bonchev–Trinajstić information content (AvgIpc) is 2.29. The highest BCUT2D eigenvalue weighted by molar-refractivity contribution is 9.09. The van der Waals surface area contributed by atoms with E-state index in [0.29, 0.717) is 17.0 Å². The summed E-state index contributed by atoms with van der Waals surface area (Å²) in [6.07, 6.45) is 0.327. The van der Waals surface area contributed by atoms with Crippen LogP contribution in [0.15, 0.2) is 0 Å². The van der Waals surface area contributed by atoms with Crippen molar-refractivity contribution in [3.63, 3.8) is 0 Å². The molecule has 0 radical (unpaired) electrons. The molecule has 0 aliphatic carbocycles. The largest absolute Gasteiger partial charge is 0.383 e. The molecule has 1 fully saturated rings. The molecule has 1 saturated heterocycles. The zero-order valence-corrected chi connectivity index (χ0v) is 13.6. The molecule has 0 aromatic rings. The van der Waals surface area contributed by atoms with Gasteiger partial charge in [0.15, 0.2) is 0 Å². The number of hydrogen-bond acceptors (Lipinski definition) is 4. The summed E-state index contributed by atoms with van der Waals surface area (Å²) in [4.78, 5) is 5.19. The fraction of sp³-hybridized carbons (Fsp3) is 1.00. The number of ether oxygens (including phenoxy) is 2. The van der Waals surface area contributed by atoms with E-state index in [4.69, 9.17) is 9.47 Å². The summed E-state index contributed by atoms with van der Waals surface area (Å²) < 4.78 is 11.0. The number of nitrogens with zero attached hydrogens (tertiary/aromatic N) is 2. The van der Waals surface area contributed by atoms with Crippen molar-refractivity contribution in [1.82, 2.24) is 9.80 Å². The maximum Gasteiger partial charge on any atom is 0.0829 e. The highest BCUT2D eigenvalue weighted by atomic mass is 79.9. The Labute approximate surface area is 120 Å². The third-order valence-corrected chi connectivity index (χ3v) is 3.83. The second-order valence-corrected chi connectivity index (χ2v) is 6.65. The number of rotatable bonds is 7. The molecular formula is C13H27BrN2O2. The first-order valence-electron chi connectivity index (χ1n) is 6.70. The molecule has 0 N–H and O–H groups in total. The molecule has 0 amide bonds. The Morgan fingerprint density at radius 2 is 2.22 bits per heavy atom. The lowest BCUT2D eigenvalue weighted by Crippen LogP contribution is -2.49. The van der Waals surface area contributed by atoms with Crippen LogP contribution in [0.25, 0.3) is 0 Å². The van der Waals surface area contributed by atoms with E-state index in [1.807, 2.05) is 0 Å². The first kappa shape index (κ1) is 16.4. The zero-order valence-electron chi connectivity index (χ0n) is 12.1. The van der Waals surface area contributed by atoms with Crippen LogP contribution in [0, 0.1) is 0 Å². The number of likely N-dealkylation sites (N-methyl/N-ethyl adjacent to an activating group) is 1. The third kappa shape index (κ3) is 5.97. The van der Waals surface area contributed by atoms with E-state index in [0.717, 1.165) is 39.4 Å². The summed E-state index contributed by atoms with van der Waals surface area (Å²) >= 11 is 3.62. The van der Waals surface area contributed by atoms with Gasteiger partial charge < -0.3 is 14.4 Å². The van der Waals surface area contributed by atoms with E-state index in [2.05, 4.69) is 46.6 Å². The minimum atomic E-state index is 0.327. The van der Waals surface area contributed by atoms with Crippen molar-refractivity contribution in [1.29, 1.82) is 0 Å². The maximum absolute atomic E-state index is 5.84. The van der Waals surface area contributed by atoms with Gasteiger partial charge in [0.05, 0.1) is 24.1 Å². The number of hydrogen-bond donors (Lipinski definition) is 0. The second-order valence-electron chi connectivity index (χ2n) is 5.36. The Balaban J connectivity index is 2.28. The number of alkyl halides is 1. The summed E-state index contributed by atoms with van der Waals surface area (Å²) in [6, 6.07) is 0.610. The van der Waals surface area contributed by atoms with E-state index in [-0.39, 0.29) is 0 Å². The SMILES string of the molecule is COCC(Br)CN(C)CC1CN(C(C)C)CCO1. The Kier molecular flexibility index (Phi) is 7.72. The number of halogens is 1. The Bertz CT molecular complexity index is 229. The fourth-order valence-corrected chi connectivity index (χ4v) is 3.07. The standard InChI is InChI=1S/C13H27BrN2O2/c1-11(2)16-5-6-18-13(9-16)8-15(3)7-12(14)10-17-4/h11-13H,5-10H2,1-4H3. The van der Waals surface area contributed by atoms with Crippen LogP contribution in [0.4, 0.5) is 0 Å². The zero-order chi connectivity index (χ0) is 13.5. The molecule has 0 aromatic carbocycles. The van der Waals surface area contributed by atoms with Crippen molar-refractivity contribution in [2.24, 2.45) is 0 Å². The van der Waals surface area contributed by atoms with Crippen molar-refractivity contribution >= 4 is 15.9 Å². The molecule has 4 nitrogen and oxygen atoms in total. The lowest BCUT2D eigenvalue weighted by atomic mass is 10.2. The van der Waals surface area contributed by atoms with Gasteiger partial charge in [-0.25, -0.2) is 0 Å². The summed E-state index contributed by atoms with van der Waals surface area (Å²) in [6.45, 7) is 10.2. The lowest BCUT2D eigenvalue weighted by molar-refractivity contribution is -0.0496. The molecule has 1 rings (SSSR count). The van der Waals surface area contributed by atoms with Crippen LogP contribution >= 0.6 is 15.9 Å². The van der Waals surface area contributed by atoms with Gasteiger partial charge in [-0.3, -0.25) is 4.90 Å². The Morgan fingerprint density at radius 3 is 2.83 bits per heavy atom. The summed E-state index contributed by atoms with van der Waals surface area (Å²) in [5, 5.41) is 0. The van der Waals surface area contributed by atoms with Gasteiger partial charge in [0, 0.05) is 39.3 Å². The van der Waals surface area contributed by atoms with Crippen LogP contribution in [-0.4, -0.2) is 80.3 Å². The van der Waals surface area contributed by atoms with Gasteiger partial charge in [-0.05, 0) is 20.9 Å². The predicted molar refractivity (Wildman–Crippen MR) is 78.5 cm³/mol. The fourth-order valence-electron chi connectivity index (χ4n) is 2.32. The van der Waals surface area contributed by atoms with Crippen molar-refractivity contribution < 1.29 is 9.47 Å². The normalized spacial score (nSPS) is 23.8. The second kappa shape index (κ2) is 8.48. The van der Waals surface area contributed by atoms with E-state index < -0.39 is 0 Å². The van der Waals surface area contributed by atoms with Gasteiger partial charge in [-0.15, -0.1) is 0 Å². The molecule has 0 aromatic heterocycles. The van der Waals surface area contributed by atoms with Gasteiger partial charge in [0.25, 0.3) is 0 Å². The maximum atomic E-state index is 5.84.